The van der Waals surface area contributed by atoms with Crippen LogP contribution in [0.1, 0.15) is 5.56 Å². The van der Waals surface area contributed by atoms with Gasteiger partial charge in [0.05, 0.1) is 5.69 Å². The van der Waals surface area contributed by atoms with E-state index in [1.807, 2.05) is 25.2 Å². The van der Waals surface area contributed by atoms with Crippen molar-refractivity contribution in [1.29, 1.82) is 0 Å². The smallest absolute Gasteiger partial charge is 0.126 e. The molecule has 0 fully saturated rings. The highest BCUT2D eigenvalue weighted by molar-refractivity contribution is 5.61. The molecule has 2 heteroatoms. The normalized spacial score (nSPS) is 10.0. The summed E-state index contributed by atoms with van der Waals surface area (Å²) in [6.07, 6.45) is 0. The Morgan fingerprint density at radius 3 is 2.40 bits per heavy atom. The maximum Gasteiger partial charge on any atom is 0.126 e. The zero-order chi connectivity index (χ0) is 10.7. The molecule has 1 aromatic heterocycles. The largest absolute Gasteiger partial charge is 0.373 e. The Kier molecular flexibility index (Phi) is 2.68. The third kappa shape index (κ3) is 2.15. The Morgan fingerprint density at radius 2 is 1.73 bits per heavy atom. The molecule has 0 atom stereocenters. The van der Waals surface area contributed by atoms with E-state index < -0.39 is 0 Å². The Balaban J connectivity index is 2.40. The molecule has 1 heterocycles. The number of aryl methyl sites for hydroxylation is 1. The van der Waals surface area contributed by atoms with Crippen LogP contribution in [0.3, 0.4) is 0 Å². The van der Waals surface area contributed by atoms with E-state index in [9.17, 15) is 0 Å². The first-order chi connectivity index (χ1) is 7.29. The van der Waals surface area contributed by atoms with Crippen molar-refractivity contribution in [2.45, 2.75) is 6.92 Å². The van der Waals surface area contributed by atoms with Gasteiger partial charge in [0, 0.05) is 12.6 Å². The van der Waals surface area contributed by atoms with Crippen molar-refractivity contribution in [2.75, 3.05) is 12.4 Å². The van der Waals surface area contributed by atoms with E-state index in [0.717, 1.165) is 17.1 Å². The van der Waals surface area contributed by atoms with E-state index in [1.54, 1.807) is 0 Å². The van der Waals surface area contributed by atoms with Crippen molar-refractivity contribution in [3.8, 4) is 11.3 Å². The van der Waals surface area contributed by atoms with Crippen LogP contribution in [0.5, 0.6) is 0 Å². The number of aromatic nitrogens is 1. The fraction of sp³-hybridized carbons (Fsp3) is 0.154. The van der Waals surface area contributed by atoms with Gasteiger partial charge in [0.1, 0.15) is 5.82 Å². The van der Waals surface area contributed by atoms with Gasteiger partial charge in [-0.05, 0) is 19.1 Å². The van der Waals surface area contributed by atoms with Crippen LogP contribution in [0.25, 0.3) is 11.3 Å². The summed E-state index contributed by atoms with van der Waals surface area (Å²) >= 11 is 0. The second-order valence-electron chi connectivity index (χ2n) is 3.52. The van der Waals surface area contributed by atoms with Crippen molar-refractivity contribution < 1.29 is 0 Å². The van der Waals surface area contributed by atoms with Gasteiger partial charge in [0.15, 0.2) is 0 Å². The minimum Gasteiger partial charge on any atom is -0.373 e. The lowest BCUT2D eigenvalue weighted by Crippen LogP contribution is -1.92. The van der Waals surface area contributed by atoms with E-state index in [2.05, 4.69) is 41.5 Å². The molecule has 0 saturated heterocycles. The van der Waals surface area contributed by atoms with Gasteiger partial charge in [-0.1, -0.05) is 35.9 Å². The zero-order valence-electron chi connectivity index (χ0n) is 8.99. The lowest BCUT2D eigenvalue weighted by atomic mass is 10.1. The molecule has 0 aliphatic heterocycles. The summed E-state index contributed by atoms with van der Waals surface area (Å²) in [6, 6.07) is 14.4. The summed E-state index contributed by atoms with van der Waals surface area (Å²) in [4.78, 5) is 4.48. The molecule has 0 spiro atoms. The molecule has 0 saturated carbocycles. The highest BCUT2D eigenvalue weighted by Crippen LogP contribution is 2.18. The zero-order valence-corrected chi connectivity index (χ0v) is 8.99. The minimum atomic E-state index is 0.896. The Labute approximate surface area is 90.0 Å². The third-order valence-electron chi connectivity index (χ3n) is 2.35. The molecule has 2 nitrogen and oxygen atoms in total. The van der Waals surface area contributed by atoms with Crippen molar-refractivity contribution in [3.63, 3.8) is 0 Å². The standard InChI is InChI=1S/C13H14N2/c1-10-6-8-11(9-7-10)12-4-3-5-13(14-2)15-12/h3-9H,1-2H3,(H,14,15). The molecule has 0 unspecified atom stereocenters. The van der Waals surface area contributed by atoms with E-state index in [-0.39, 0.29) is 0 Å². The van der Waals surface area contributed by atoms with Gasteiger partial charge < -0.3 is 5.32 Å². The average molecular weight is 198 g/mol. The first-order valence-corrected chi connectivity index (χ1v) is 5.01. The van der Waals surface area contributed by atoms with Gasteiger partial charge in [0.25, 0.3) is 0 Å². The summed E-state index contributed by atoms with van der Waals surface area (Å²) in [5.41, 5.74) is 3.42. The molecule has 0 radical (unpaired) electrons. The molecule has 1 aromatic carbocycles. The number of benzene rings is 1. The van der Waals surface area contributed by atoms with Crippen LogP contribution in [0.4, 0.5) is 5.82 Å². The van der Waals surface area contributed by atoms with Crippen molar-refractivity contribution in [1.82, 2.24) is 4.98 Å². The quantitative estimate of drug-likeness (QED) is 0.802. The summed E-state index contributed by atoms with van der Waals surface area (Å²) in [5.74, 6) is 0.896. The van der Waals surface area contributed by atoms with E-state index in [0.29, 0.717) is 0 Å². The van der Waals surface area contributed by atoms with Gasteiger partial charge in [-0.25, -0.2) is 4.98 Å². The SMILES string of the molecule is CNc1cccc(-c2ccc(C)cc2)n1. The maximum absolute atomic E-state index is 4.48. The maximum atomic E-state index is 4.48. The lowest BCUT2D eigenvalue weighted by Gasteiger charge is -2.04. The number of nitrogens with one attached hydrogen (secondary N) is 1. The molecule has 2 aromatic rings. The van der Waals surface area contributed by atoms with Gasteiger partial charge >= 0.3 is 0 Å². The molecule has 0 aliphatic rings. The van der Waals surface area contributed by atoms with Crippen LogP contribution in [-0.4, -0.2) is 12.0 Å². The molecular weight excluding hydrogens is 184 g/mol. The molecule has 0 bridgehead atoms. The van der Waals surface area contributed by atoms with Crippen molar-refractivity contribution in [3.05, 3.63) is 48.0 Å². The highest BCUT2D eigenvalue weighted by Gasteiger charge is 1.99. The number of pyridine rings is 1. The lowest BCUT2D eigenvalue weighted by molar-refractivity contribution is 1.28. The molecular formula is C13H14N2. The van der Waals surface area contributed by atoms with E-state index >= 15 is 0 Å². The number of anilines is 1. The summed E-state index contributed by atoms with van der Waals surface area (Å²) in [6.45, 7) is 2.08. The summed E-state index contributed by atoms with van der Waals surface area (Å²) in [5, 5.41) is 3.04. The Morgan fingerprint density at radius 1 is 1.00 bits per heavy atom. The Bertz CT molecular complexity index is 446. The van der Waals surface area contributed by atoms with Gasteiger partial charge in [-0.15, -0.1) is 0 Å². The monoisotopic (exact) mass is 198 g/mol. The predicted octanol–water partition coefficient (Wildman–Crippen LogP) is 3.10. The van der Waals surface area contributed by atoms with Crippen LogP contribution < -0.4 is 5.32 Å². The first-order valence-electron chi connectivity index (χ1n) is 5.01. The molecule has 0 aliphatic carbocycles. The number of hydrogen-bond donors (Lipinski definition) is 1. The van der Waals surface area contributed by atoms with Crippen LogP contribution in [0.15, 0.2) is 42.5 Å². The van der Waals surface area contributed by atoms with Crippen molar-refractivity contribution >= 4 is 5.82 Å². The summed E-state index contributed by atoms with van der Waals surface area (Å²) in [7, 11) is 1.88. The predicted molar refractivity (Wildman–Crippen MR) is 64.0 cm³/mol. The third-order valence-corrected chi connectivity index (χ3v) is 2.35. The van der Waals surface area contributed by atoms with Crippen LogP contribution >= 0.6 is 0 Å². The second-order valence-corrected chi connectivity index (χ2v) is 3.52. The summed E-state index contributed by atoms with van der Waals surface area (Å²) < 4.78 is 0. The molecule has 15 heavy (non-hydrogen) atoms. The fourth-order valence-electron chi connectivity index (χ4n) is 1.46. The van der Waals surface area contributed by atoms with Gasteiger partial charge in [0.2, 0.25) is 0 Å². The second kappa shape index (κ2) is 4.13. The molecule has 2 rings (SSSR count). The highest BCUT2D eigenvalue weighted by atomic mass is 15.0. The molecule has 0 amide bonds. The van der Waals surface area contributed by atoms with Gasteiger partial charge in [-0.3, -0.25) is 0 Å². The molecule has 1 N–H and O–H groups in total. The van der Waals surface area contributed by atoms with E-state index in [1.165, 1.54) is 5.56 Å². The van der Waals surface area contributed by atoms with Crippen LogP contribution in [0, 0.1) is 6.92 Å². The molecule has 76 valence electrons. The number of rotatable bonds is 2. The number of nitrogens with zero attached hydrogens (tertiary/aromatic N) is 1. The number of hydrogen-bond acceptors (Lipinski definition) is 2. The van der Waals surface area contributed by atoms with Crippen molar-refractivity contribution in [2.24, 2.45) is 0 Å². The van der Waals surface area contributed by atoms with Crippen LogP contribution in [0.2, 0.25) is 0 Å². The van der Waals surface area contributed by atoms with Gasteiger partial charge in [-0.2, -0.15) is 0 Å². The first kappa shape index (κ1) is 9.71. The topological polar surface area (TPSA) is 24.9 Å². The fourth-order valence-corrected chi connectivity index (χ4v) is 1.46. The average Bonchev–Trinajstić information content (AvgIpc) is 2.30. The van der Waals surface area contributed by atoms with Crippen LogP contribution in [-0.2, 0) is 0 Å². The minimum absolute atomic E-state index is 0.896. The Hall–Kier alpha value is -1.83. The van der Waals surface area contributed by atoms with E-state index in [4.69, 9.17) is 0 Å².